The molecule has 0 fully saturated rings. The Kier molecular flexibility index (Phi) is 6.38. The summed E-state index contributed by atoms with van der Waals surface area (Å²) in [7, 11) is 1.68. The number of aromatic amines is 1. The SMILES string of the molecule is Cn1cc(NC(=O)c2cccc(-c3cn[nH]c3)n2)c(C(=O)NCCCCCl)n1. The van der Waals surface area contributed by atoms with E-state index in [1.54, 1.807) is 43.8 Å². The minimum absolute atomic E-state index is 0.146. The van der Waals surface area contributed by atoms with E-state index in [2.05, 4.69) is 30.9 Å². The first-order chi connectivity index (χ1) is 13.6. The molecule has 3 rings (SSSR count). The lowest BCUT2D eigenvalue weighted by Crippen LogP contribution is -2.26. The highest BCUT2D eigenvalue weighted by Gasteiger charge is 2.19. The van der Waals surface area contributed by atoms with Gasteiger partial charge in [0.15, 0.2) is 5.69 Å². The first kappa shape index (κ1) is 19.6. The number of carbonyl (C=O) groups is 2. The summed E-state index contributed by atoms with van der Waals surface area (Å²) in [5.74, 6) is -0.244. The molecule has 3 aromatic heterocycles. The Hall–Kier alpha value is -3.20. The number of anilines is 1. The number of nitrogens with one attached hydrogen (secondary N) is 3. The Morgan fingerprint density at radius 2 is 2.11 bits per heavy atom. The number of H-pyrrole nitrogens is 1. The molecule has 28 heavy (non-hydrogen) atoms. The van der Waals surface area contributed by atoms with Crippen molar-refractivity contribution in [2.75, 3.05) is 17.7 Å². The number of amides is 2. The Labute approximate surface area is 166 Å². The zero-order valence-electron chi connectivity index (χ0n) is 15.3. The summed E-state index contributed by atoms with van der Waals surface area (Å²) in [6.45, 7) is 0.490. The van der Waals surface area contributed by atoms with Crippen LogP contribution in [0.4, 0.5) is 5.69 Å². The van der Waals surface area contributed by atoms with Gasteiger partial charge in [-0.3, -0.25) is 19.4 Å². The van der Waals surface area contributed by atoms with Crippen molar-refractivity contribution in [1.82, 2.24) is 30.3 Å². The lowest BCUT2D eigenvalue weighted by atomic mass is 10.2. The molecule has 0 spiro atoms. The number of carbonyl (C=O) groups excluding carboxylic acids is 2. The van der Waals surface area contributed by atoms with E-state index in [1.807, 2.05) is 0 Å². The molecule has 0 radical (unpaired) electrons. The average molecular weight is 402 g/mol. The van der Waals surface area contributed by atoms with Crippen LogP contribution < -0.4 is 10.6 Å². The minimum atomic E-state index is -0.436. The van der Waals surface area contributed by atoms with Crippen molar-refractivity contribution in [2.24, 2.45) is 7.05 Å². The predicted octanol–water partition coefficient (Wildman–Crippen LogP) is 2.21. The molecule has 0 saturated heterocycles. The summed E-state index contributed by atoms with van der Waals surface area (Å²) < 4.78 is 1.47. The molecule has 146 valence electrons. The van der Waals surface area contributed by atoms with Crippen molar-refractivity contribution >= 4 is 29.1 Å². The van der Waals surface area contributed by atoms with Crippen molar-refractivity contribution in [1.29, 1.82) is 0 Å². The molecule has 0 aliphatic heterocycles. The second-order valence-corrected chi connectivity index (χ2v) is 6.44. The topological polar surface area (TPSA) is 118 Å². The fourth-order valence-electron chi connectivity index (χ4n) is 2.55. The van der Waals surface area contributed by atoms with E-state index in [0.717, 1.165) is 18.4 Å². The van der Waals surface area contributed by atoms with E-state index in [1.165, 1.54) is 4.68 Å². The van der Waals surface area contributed by atoms with E-state index in [9.17, 15) is 9.59 Å². The summed E-state index contributed by atoms with van der Waals surface area (Å²) in [6.07, 6.45) is 6.47. The van der Waals surface area contributed by atoms with Crippen LogP contribution >= 0.6 is 11.6 Å². The molecule has 0 aliphatic rings. The molecule has 0 atom stereocenters. The number of alkyl halides is 1. The number of aromatic nitrogens is 5. The minimum Gasteiger partial charge on any atom is -0.351 e. The van der Waals surface area contributed by atoms with Gasteiger partial charge in [0.25, 0.3) is 11.8 Å². The molecule has 3 N–H and O–H groups in total. The maximum atomic E-state index is 12.6. The first-order valence-corrected chi connectivity index (χ1v) is 9.27. The Balaban J connectivity index is 1.72. The standard InChI is InChI=1S/C18H20ClN7O2/c1-26-11-15(16(25-26)18(28)20-8-3-2-7-19)24-17(27)14-6-4-5-13(23-14)12-9-21-22-10-12/h4-6,9-11H,2-3,7-8H2,1H3,(H,20,28)(H,21,22)(H,24,27). The van der Waals surface area contributed by atoms with Gasteiger partial charge in [-0.1, -0.05) is 6.07 Å². The van der Waals surface area contributed by atoms with Crippen molar-refractivity contribution in [2.45, 2.75) is 12.8 Å². The molecule has 0 aliphatic carbocycles. The van der Waals surface area contributed by atoms with Crippen LogP contribution in [0.5, 0.6) is 0 Å². The summed E-state index contributed by atoms with van der Waals surface area (Å²) in [4.78, 5) is 29.4. The number of nitrogens with zero attached hydrogens (tertiary/aromatic N) is 4. The van der Waals surface area contributed by atoms with Crippen LogP contribution in [-0.4, -0.2) is 49.2 Å². The summed E-state index contributed by atoms with van der Waals surface area (Å²) in [5.41, 5.74) is 2.07. The Morgan fingerprint density at radius 1 is 1.25 bits per heavy atom. The molecule has 0 bridgehead atoms. The molecular weight excluding hydrogens is 382 g/mol. The van der Waals surface area contributed by atoms with E-state index in [-0.39, 0.29) is 17.3 Å². The van der Waals surface area contributed by atoms with Gasteiger partial charge in [-0.15, -0.1) is 11.6 Å². The Morgan fingerprint density at radius 3 is 2.86 bits per heavy atom. The molecule has 9 nitrogen and oxygen atoms in total. The highest BCUT2D eigenvalue weighted by molar-refractivity contribution is 6.17. The second kappa shape index (κ2) is 9.14. The van der Waals surface area contributed by atoms with Gasteiger partial charge in [0.05, 0.1) is 17.6 Å². The average Bonchev–Trinajstić information content (AvgIpc) is 3.35. The third-order valence-electron chi connectivity index (χ3n) is 3.91. The van der Waals surface area contributed by atoms with Gasteiger partial charge in [-0.05, 0) is 25.0 Å². The maximum absolute atomic E-state index is 12.6. The molecule has 0 saturated carbocycles. The van der Waals surface area contributed by atoms with Gasteiger partial charge >= 0.3 is 0 Å². The van der Waals surface area contributed by atoms with Crippen LogP contribution in [0.25, 0.3) is 11.3 Å². The van der Waals surface area contributed by atoms with Crippen molar-refractivity contribution < 1.29 is 9.59 Å². The third kappa shape index (κ3) is 4.74. The van der Waals surface area contributed by atoms with Crippen LogP contribution in [0.2, 0.25) is 0 Å². The smallest absolute Gasteiger partial charge is 0.274 e. The van der Waals surface area contributed by atoms with Gasteiger partial charge in [0.1, 0.15) is 5.69 Å². The molecular formula is C18H20ClN7O2. The first-order valence-electron chi connectivity index (χ1n) is 8.74. The highest BCUT2D eigenvalue weighted by atomic mass is 35.5. The molecule has 0 aromatic carbocycles. The summed E-state index contributed by atoms with van der Waals surface area (Å²) in [5, 5.41) is 16.2. The fourth-order valence-corrected chi connectivity index (χ4v) is 2.74. The number of hydrogen-bond donors (Lipinski definition) is 3. The van der Waals surface area contributed by atoms with Gasteiger partial charge in [0, 0.05) is 37.4 Å². The monoisotopic (exact) mass is 401 g/mol. The third-order valence-corrected chi connectivity index (χ3v) is 4.18. The second-order valence-electron chi connectivity index (χ2n) is 6.07. The largest absolute Gasteiger partial charge is 0.351 e. The van der Waals surface area contributed by atoms with Gasteiger partial charge in [0.2, 0.25) is 0 Å². The van der Waals surface area contributed by atoms with Crippen LogP contribution in [0.3, 0.4) is 0 Å². The van der Waals surface area contributed by atoms with Gasteiger partial charge < -0.3 is 10.6 Å². The van der Waals surface area contributed by atoms with Crippen molar-refractivity contribution in [3.8, 4) is 11.3 Å². The van der Waals surface area contributed by atoms with Crippen LogP contribution in [0.15, 0.2) is 36.8 Å². The van der Waals surface area contributed by atoms with Crippen molar-refractivity contribution in [3.63, 3.8) is 0 Å². The number of unbranched alkanes of at least 4 members (excludes halogenated alkanes) is 1. The normalized spacial score (nSPS) is 10.6. The van der Waals surface area contributed by atoms with Crippen molar-refractivity contribution in [3.05, 3.63) is 48.2 Å². The van der Waals surface area contributed by atoms with Gasteiger partial charge in [-0.25, -0.2) is 4.98 Å². The van der Waals surface area contributed by atoms with Gasteiger partial charge in [-0.2, -0.15) is 10.2 Å². The number of aryl methyl sites for hydroxylation is 1. The van der Waals surface area contributed by atoms with Crippen LogP contribution in [0.1, 0.15) is 33.8 Å². The molecule has 10 heteroatoms. The molecule has 0 unspecified atom stereocenters. The zero-order chi connectivity index (χ0) is 19.9. The molecule has 3 heterocycles. The lowest BCUT2D eigenvalue weighted by molar-refractivity contribution is 0.0948. The van der Waals surface area contributed by atoms with Crippen LogP contribution in [-0.2, 0) is 7.05 Å². The summed E-state index contributed by atoms with van der Waals surface area (Å²) in [6, 6.07) is 5.12. The number of pyridine rings is 1. The highest BCUT2D eigenvalue weighted by Crippen LogP contribution is 2.17. The number of hydrogen-bond acceptors (Lipinski definition) is 5. The van der Waals surface area contributed by atoms with E-state index >= 15 is 0 Å². The quantitative estimate of drug-likeness (QED) is 0.395. The Bertz CT molecular complexity index is 953. The fraction of sp³-hybridized carbons (Fsp3) is 0.278. The zero-order valence-corrected chi connectivity index (χ0v) is 16.0. The summed E-state index contributed by atoms with van der Waals surface area (Å²) >= 11 is 5.63. The van der Waals surface area contributed by atoms with E-state index in [4.69, 9.17) is 11.6 Å². The van der Waals surface area contributed by atoms with E-state index in [0.29, 0.717) is 23.8 Å². The molecule has 2 amide bonds. The number of rotatable bonds is 8. The van der Waals surface area contributed by atoms with Crippen LogP contribution in [0, 0.1) is 0 Å². The maximum Gasteiger partial charge on any atom is 0.274 e. The molecule has 3 aromatic rings. The predicted molar refractivity (Wildman–Crippen MR) is 105 cm³/mol. The lowest BCUT2D eigenvalue weighted by Gasteiger charge is -2.07. The number of halogens is 1. The van der Waals surface area contributed by atoms with E-state index < -0.39 is 5.91 Å².